The summed E-state index contributed by atoms with van der Waals surface area (Å²) in [7, 11) is 0. The van der Waals surface area contributed by atoms with Crippen LogP contribution in [0, 0.1) is 5.92 Å². The summed E-state index contributed by atoms with van der Waals surface area (Å²) in [4.78, 5) is 0.421. The maximum atomic E-state index is 5.75. The molecular formula is C14H19BrN2OS. The summed E-state index contributed by atoms with van der Waals surface area (Å²) in [6.07, 6.45) is 2.54. The lowest BCUT2D eigenvalue weighted by Gasteiger charge is -2.19. The lowest BCUT2D eigenvalue weighted by molar-refractivity contribution is 0.0900. The number of ether oxygens (including phenoxy) is 1. The largest absolute Gasteiger partial charge is 0.389 e. The molecule has 2 atom stereocenters. The standard InChI is InChI=1S/C14H19BrN2OS/c1-2-13-9(5-6-18-13)8-17-12-7-10(15)3-4-11(12)14(16)19/h3-4,7,9,13,17H,2,5-6,8H2,1H3,(H2,16,19). The summed E-state index contributed by atoms with van der Waals surface area (Å²) in [5.41, 5.74) is 7.64. The van der Waals surface area contributed by atoms with E-state index in [-0.39, 0.29) is 0 Å². The van der Waals surface area contributed by atoms with Crippen molar-refractivity contribution in [3.8, 4) is 0 Å². The smallest absolute Gasteiger partial charge is 0.106 e. The van der Waals surface area contributed by atoms with Crippen molar-refractivity contribution in [3.63, 3.8) is 0 Å². The van der Waals surface area contributed by atoms with Gasteiger partial charge in [0.25, 0.3) is 0 Å². The molecule has 3 nitrogen and oxygen atoms in total. The van der Waals surface area contributed by atoms with Crippen LogP contribution in [0.1, 0.15) is 25.3 Å². The van der Waals surface area contributed by atoms with E-state index < -0.39 is 0 Å². The fourth-order valence-corrected chi connectivity index (χ4v) is 3.04. The van der Waals surface area contributed by atoms with Crippen LogP contribution in [0.25, 0.3) is 0 Å². The molecule has 5 heteroatoms. The molecular weight excluding hydrogens is 324 g/mol. The Bertz CT molecular complexity index is 467. The van der Waals surface area contributed by atoms with Crippen LogP contribution in [0.4, 0.5) is 5.69 Å². The highest BCUT2D eigenvalue weighted by molar-refractivity contribution is 9.10. The molecule has 2 rings (SSSR count). The van der Waals surface area contributed by atoms with E-state index in [9.17, 15) is 0 Å². The van der Waals surface area contributed by atoms with Crippen molar-refractivity contribution in [2.24, 2.45) is 11.7 Å². The fourth-order valence-electron chi connectivity index (χ4n) is 2.50. The van der Waals surface area contributed by atoms with Gasteiger partial charge < -0.3 is 15.8 Å². The summed E-state index contributed by atoms with van der Waals surface area (Å²) < 4.78 is 6.72. The van der Waals surface area contributed by atoms with Crippen molar-refractivity contribution in [1.29, 1.82) is 0 Å². The SMILES string of the molecule is CCC1OCCC1CNc1cc(Br)ccc1C(N)=S. The minimum atomic E-state index is 0.368. The number of hydrogen-bond acceptors (Lipinski definition) is 3. The van der Waals surface area contributed by atoms with Crippen LogP contribution >= 0.6 is 28.1 Å². The van der Waals surface area contributed by atoms with Gasteiger partial charge in [0.05, 0.1) is 6.10 Å². The molecule has 0 bridgehead atoms. The topological polar surface area (TPSA) is 47.3 Å². The zero-order valence-corrected chi connectivity index (χ0v) is 13.4. The van der Waals surface area contributed by atoms with Crippen molar-refractivity contribution in [2.45, 2.75) is 25.9 Å². The van der Waals surface area contributed by atoms with E-state index in [0.717, 1.165) is 41.7 Å². The molecule has 2 unspecified atom stereocenters. The van der Waals surface area contributed by atoms with Gasteiger partial charge >= 0.3 is 0 Å². The lowest BCUT2D eigenvalue weighted by Crippen LogP contribution is -2.24. The van der Waals surface area contributed by atoms with Crippen LogP contribution in [0.3, 0.4) is 0 Å². The first-order valence-electron chi connectivity index (χ1n) is 6.56. The van der Waals surface area contributed by atoms with Crippen molar-refractivity contribution >= 4 is 38.8 Å². The average molecular weight is 343 g/mol. The van der Waals surface area contributed by atoms with Crippen LogP contribution in [-0.4, -0.2) is 24.2 Å². The van der Waals surface area contributed by atoms with Gasteiger partial charge in [-0.25, -0.2) is 0 Å². The van der Waals surface area contributed by atoms with Crippen LogP contribution < -0.4 is 11.1 Å². The molecule has 1 aromatic rings. The monoisotopic (exact) mass is 342 g/mol. The van der Waals surface area contributed by atoms with E-state index in [1.807, 2.05) is 18.2 Å². The Labute approximate surface area is 128 Å². The molecule has 0 aromatic heterocycles. The minimum Gasteiger partial charge on any atom is -0.389 e. The highest BCUT2D eigenvalue weighted by atomic mass is 79.9. The Morgan fingerprint density at radius 1 is 1.58 bits per heavy atom. The highest BCUT2D eigenvalue weighted by Gasteiger charge is 2.26. The predicted octanol–water partition coefficient (Wildman–Crippen LogP) is 3.31. The van der Waals surface area contributed by atoms with Gasteiger partial charge in [-0.2, -0.15) is 0 Å². The molecule has 104 valence electrons. The summed E-state index contributed by atoms with van der Waals surface area (Å²) in [6, 6.07) is 5.91. The Morgan fingerprint density at radius 3 is 3.05 bits per heavy atom. The summed E-state index contributed by atoms with van der Waals surface area (Å²) in [5.74, 6) is 0.558. The summed E-state index contributed by atoms with van der Waals surface area (Å²) >= 11 is 8.56. The second-order valence-corrected chi connectivity index (χ2v) is 6.16. The van der Waals surface area contributed by atoms with Gasteiger partial charge in [-0.3, -0.25) is 0 Å². The first kappa shape index (κ1) is 14.8. The minimum absolute atomic E-state index is 0.368. The van der Waals surface area contributed by atoms with Crippen LogP contribution in [0.5, 0.6) is 0 Å². The molecule has 19 heavy (non-hydrogen) atoms. The molecule has 1 fully saturated rings. The van der Waals surface area contributed by atoms with E-state index in [1.165, 1.54) is 0 Å². The summed E-state index contributed by atoms with van der Waals surface area (Å²) in [6.45, 7) is 3.93. The lowest BCUT2D eigenvalue weighted by atomic mass is 9.99. The molecule has 0 aliphatic carbocycles. The van der Waals surface area contributed by atoms with Crippen molar-refractivity contribution < 1.29 is 4.74 Å². The molecule has 1 aromatic carbocycles. The van der Waals surface area contributed by atoms with Crippen molar-refractivity contribution in [2.75, 3.05) is 18.5 Å². The van der Waals surface area contributed by atoms with Gasteiger partial charge in [-0.15, -0.1) is 0 Å². The first-order valence-corrected chi connectivity index (χ1v) is 7.76. The van der Waals surface area contributed by atoms with Gasteiger partial charge in [0.1, 0.15) is 4.99 Å². The molecule has 1 saturated heterocycles. The first-order chi connectivity index (χ1) is 9.11. The van der Waals surface area contributed by atoms with Crippen molar-refractivity contribution in [3.05, 3.63) is 28.2 Å². The summed E-state index contributed by atoms with van der Waals surface area (Å²) in [5, 5.41) is 3.46. The number of thiocarbonyl (C=S) groups is 1. The average Bonchev–Trinajstić information content (AvgIpc) is 2.83. The molecule has 1 aliphatic rings. The number of nitrogens with two attached hydrogens (primary N) is 1. The maximum Gasteiger partial charge on any atom is 0.106 e. The van der Waals surface area contributed by atoms with E-state index in [4.69, 9.17) is 22.7 Å². The highest BCUT2D eigenvalue weighted by Crippen LogP contribution is 2.26. The third-order valence-electron chi connectivity index (χ3n) is 3.55. The van der Waals surface area contributed by atoms with Gasteiger partial charge in [0, 0.05) is 34.8 Å². The van der Waals surface area contributed by atoms with Gasteiger partial charge in [0.15, 0.2) is 0 Å². The number of hydrogen-bond donors (Lipinski definition) is 2. The normalized spacial score (nSPS) is 22.4. The Balaban J connectivity index is 2.06. The number of nitrogens with one attached hydrogen (secondary N) is 1. The number of halogens is 1. The Morgan fingerprint density at radius 2 is 2.37 bits per heavy atom. The maximum absolute atomic E-state index is 5.75. The van der Waals surface area contributed by atoms with Gasteiger partial charge in [0.2, 0.25) is 0 Å². The molecule has 0 saturated carbocycles. The number of benzene rings is 1. The van der Waals surface area contributed by atoms with Gasteiger partial charge in [-0.1, -0.05) is 35.1 Å². The molecule has 3 N–H and O–H groups in total. The van der Waals surface area contributed by atoms with Gasteiger partial charge in [-0.05, 0) is 31.0 Å². The second-order valence-electron chi connectivity index (χ2n) is 4.80. The van der Waals surface area contributed by atoms with Crippen LogP contribution in [0.15, 0.2) is 22.7 Å². The van der Waals surface area contributed by atoms with Crippen LogP contribution in [-0.2, 0) is 4.74 Å². The molecule has 0 spiro atoms. The van der Waals surface area contributed by atoms with Crippen LogP contribution in [0.2, 0.25) is 0 Å². The van der Waals surface area contributed by atoms with E-state index in [2.05, 4.69) is 28.2 Å². The zero-order valence-electron chi connectivity index (χ0n) is 11.0. The third kappa shape index (κ3) is 3.68. The van der Waals surface area contributed by atoms with Crippen molar-refractivity contribution in [1.82, 2.24) is 0 Å². The van der Waals surface area contributed by atoms with E-state index >= 15 is 0 Å². The molecule has 0 radical (unpaired) electrons. The molecule has 1 heterocycles. The number of rotatable bonds is 5. The molecule has 0 amide bonds. The predicted molar refractivity (Wildman–Crippen MR) is 86.7 cm³/mol. The quantitative estimate of drug-likeness (QED) is 0.806. The molecule has 1 aliphatic heterocycles. The third-order valence-corrected chi connectivity index (χ3v) is 4.26. The zero-order chi connectivity index (χ0) is 13.8. The Hall–Kier alpha value is -0.650. The fraction of sp³-hybridized carbons (Fsp3) is 0.500. The second kappa shape index (κ2) is 6.68. The Kier molecular flexibility index (Phi) is 5.19. The number of anilines is 1. The van der Waals surface area contributed by atoms with E-state index in [1.54, 1.807) is 0 Å². The van der Waals surface area contributed by atoms with E-state index in [0.29, 0.717) is 17.0 Å².